The van der Waals surface area contributed by atoms with Crippen molar-refractivity contribution in [3.63, 3.8) is 0 Å². The molecule has 1 fully saturated rings. The van der Waals surface area contributed by atoms with Crippen LogP contribution in [0.1, 0.15) is 37.9 Å². The van der Waals surface area contributed by atoms with Crippen molar-refractivity contribution in [2.45, 2.75) is 32.3 Å². The van der Waals surface area contributed by atoms with Gasteiger partial charge in [0.1, 0.15) is 5.75 Å². The Morgan fingerprint density at radius 1 is 1.40 bits per heavy atom. The van der Waals surface area contributed by atoms with Crippen LogP contribution in [0.2, 0.25) is 0 Å². The first-order valence-corrected chi connectivity index (χ1v) is 7.40. The number of nitrogens with two attached hydrogens (primary N) is 1. The van der Waals surface area contributed by atoms with Crippen LogP contribution in [0.5, 0.6) is 5.75 Å². The first-order chi connectivity index (χ1) is 9.72. The lowest BCUT2D eigenvalue weighted by atomic mass is 9.73. The Labute approximate surface area is 120 Å². The van der Waals surface area contributed by atoms with Crippen molar-refractivity contribution in [3.05, 3.63) is 29.8 Å². The van der Waals surface area contributed by atoms with Crippen LogP contribution >= 0.6 is 0 Å². The SMILES string of the molecule is CCCOc1cccc(C(O)C2(CN)CCOCC2)c1. The number of hydrogen-bond acceptors (Lipinski definition) is 4. The largest absolute Gasteiger partial charge is 0.494 e. The highest BCUT2D eigenvalue weighted by atomic mass is 16.5. The Balaban J connectivity index is 2.16. The molecule has 4 heteroatoms. The summed E-state index contributed by atoms with van der Waals surface area (Å²) < 4.78 is 11.0. The standard InChI is InChI=1S/C16H25NO3/c1-2-8-20-14-5-3-4-13(11-14)15(18)16(12-17)6-9-19-10-7-16/h3-5,11,15,18H,2,6-10,12,17H2,1H3. The highest BCUT2D eigenvalue weighted by molar-refractivity contribution is 5.31. The van der Waals surface area contributed by atoms with Gasteiger partial charge in [-0.15, -0.1) is 0 Å². The van der Waals surface area contributed by atoms with Crippen molar-refractivity contribution in [1.29, 1.82) is 0 Å². The van der Waals surface area contributed by atoms with Gasteiger partial charge in [-0.1, -0.05) is 19.1 Å². The molecule has 3 N–H and O–H groups in total. The van der Waals surface area contributed by atoms with Crippen LogP contribution in [-0.2, 0) is 4.74 Å². The molecule has 1 unspecified atom stereocenters. The van der Waals surface area contributed by atoms with Crippen LogP contribution in [0.4, 0.5) is 0 Å². The van der Waals surface area contributed by atoms with E-state index in [2.05, 4.69) is 6.92 Å². The van der Waals surface area contributed by atoms with E-state index in [1.54, 1.807) is 0 Å². The second-order valence-electron chi connectivity index (χ2n) is 5.50. The average molecular weight is 279 g/mol. The van der Waals surface area contributed by atoms with Crippen LogP contribution in [-0.4, -0.2) is 31.5 Å². The number of benzene rings is 1. The van der Waals surface area contributed by atoms with Gasteiger partial charge in [-0.3, -0.25) is 0 Å². The van der Waals surface area contributed by atoms with Crippen LogP contribution in [0, 0.1) is 5.41 Å². The maximum Gasteiger partial charge on any atom is 0.119 e. The highest BCUT2D eigenvalue weighted by Crippen LogP contribution is 2.42. The van der Waals surface area contributed by atoms with Crippen molar-refractivity contribution < 1.29 is 14.6 Å². The van der Waals surface area contributed by atoms with E-state index < -0.39 is 6.10 Å². The van der Waals surface area contributed by atoms with E-state index in [1.165, 1.54) is 0 Å². The molecule has 0 aliphatic carbocycles. The molecular formula is C16H25NO3. The van der Waals surface area contributed by atoms with Crippen molar-refractivity contribution in [3.8, 4) is 5.75 Å². The quantitative estimate of drug-likeness (QED) is 0.838. The fourth-order valence-corrected chi connectivity index (χ4v) is 2.71. The average Bonchev–Trinajstić information content (AvgIpc) is 2.53. The molecule has 0 spiro atoms. The monoisotopic (exact) mass is 279 g/mol. The third-order valence-corrected chi connectivity index (χ3v) is 4.12. The minimum Gasteiger partial charge on any atom is -0.494 e. The van der Waals surface area contributed by atoms with Gasteiger partial charge in [0.2, 0.25) is 0 Å². The summed E-state index contributed by atoms with van der Waals surface area (Å²) in [5.41, 5.74) is 6.55. The molecule has 0 saturated carbocycles. The zero-order valence-electron chi connectivity index (χ0n) is 12.2. The maximum atomic E-state index is 10.8. The molecule has 0 bridgehead atoms. The van der Waals surface area contributed by atoms with Crippen LogP contribution in [0.25, 0.3) is 0 Å². The molecule has 1 atom stereocenters. The zero-order chi connectivity index (χ0) is 14.4. The lowest BCUT2D eigenvalue weighted by Gasteiger charge is -2.40. The van der Waals surface area contributed by atoms with Gasteiger partial charge in [0, 0.05) is 25.2 Å². The Hall–Kier alpha value is -1.10. The Bertz CT molecular complexity index is 416. The number of aliphatic hydroxyl groups is 1. The number of aliphatic hydroxyl groups excluding tert-OH is 1. The van der Waals surface area contributed by atoms with Gasteiger partial charge >= 0.3 is 0 Å². The summed E-state index contributed by atoms with van der Waals surface area (Å²) in [6.07, 6.45) is 1.99. The first kappa shape index (κ1) is 15.3. The molecule has 1 aliphatic heterocycles. The van der Waals surface area contributed by atoms with Gasteiger partial charge in [0.25, 0.3) is 0 Å². The third-order valence-electron chi connectivity index (χ3n) is 4.12. The summed E-state index contributed by atoms with van der Waals surface area (Å²) in [5, 5.41) is 10.8. The fraction of sp³-hybridized carbons (Fsp3) is 0.625. The molecular weight excluding hydrogens is 254 g/mol. The van der Waals surface area contributed by atoms with Crippen LogP contribution in [0.3, 0.4) is 0 Å². The minimum absolute atomic E-state index is 0.276. The van der Waals surface area contributed by atoms with Crippen molar-refractivity contribution in [2.75, 3.05) is 26.4 Å². The van der Waals surface area contributed by atoms with Crippen molar-refractivity contribution in [1.82, 2.24) is 0 Å². The molecule has 0 aromatic heterocycles. The summed E-state index contributed by atoms with van der Waals surface area (Å²) in [7, 11) is 0. The van der Waals surface area contributed by atoms with E-state index in [0.29, 0.717) is 26.4 Å². The van der Waals surface area contributed by atoms with Crippen molar-refractivity contribution in [2.24, 2.45) is 11.1 Å². The van der Waals surface area contributed by atoms with E-state index in [-0.39, 0.29) is 5.41 Å². The van der Waals surface area contributed by atoms with E-state index in [9.17, 15) is 5.11 Å². The summed E-state index contributed by atoms with van der Waals surface area (Å²) in [5.74, 6) is 0.808. The van der Waals surface area contributed by atoms with E-state index in [1.807, 2.05) is 24.3 Å². The summed E-state index contributed by atoms with van der Waals surface area (Å²) >= 11 is 0. The highest BCUT2D eigenvalue weighted by Gasteiger charge is 2.39. The van der Waals surface area contributed by atoms with Gasteiger partial charge in [-0.25, -0.2) is 0 Å². The van der Waals surface area contributed by atoms with Gasteiger partial charge in [-0.05, 0) is 37.0 Å². The second kappa shape index (κ2) is 7.07. The molecule has 4 nitrogen and oxygen atoms in total. The van der Waals surface area contributed by atoms with E-state index >= 15 is 0 Å². The smallest absolute Gasteiger partial charge is 0.119 e. The van der Waals surface area contributed by atoms with Gasteiger partial charge < -0.3 is 20.3 Å². The molecule has 1 heterocycles. The Morgan fingerprint density at radius 2 is 2.15 bits per heavy atom. The maximum absolute atomic E-state index is 10.8. The Kier molecular flexibility index (Phi) is 5.40. The van der Waals surface area contributed by atoms with Gasteiger partial charge in [0.15, 0.2) is 0 Å². The zero-order valence-corrected chi connectivity index (χ0v) is 12.2. The number of ether oxygens (including phenoxy) is 2. The Morgan fingerprint density at radius 3 is 2.80 bits per heavy atom. The summed E-state index contributed by atoms with van der Waals surface area (Å²) in [6, 6.07) is 7.71. The normalized spacial score (nSPS) is 19.6. The fourth-order valence-electron chi connectivity index (χ4n) is 2.71. The van der Waals surface area contributed by atoms with Gasteiger partial charge in [0.05, 0.1) is 12.7 Å². The molecule has 2 rings (SSSR count). The topological polar surface area (TPSA) is 64.7 Å². The van der Waals surface area contributed by atoms with E-state index in [4.69, 9.17) is 15.2 Å². The second-order valence-corrected chi connectivity index (χ2v) is 5.50. The van der Waals surface area contributed by atoms with Crippen molar-refractivity contribution >= 4 is 0 Å². The minimum atomic E-state index is -0.568. The molecule has 1 aliphatic rings. The first-order valence-electron chi connectivity index (χ1n) is 7.40. The molecule has 112 valence electrons. The predicted molar refractivity (Wildman–Crippen MR) is 78.7 cm³/mol. The molecule has 0 amide bonds. The van der Waals surface area contributed by atoms with Gasteiger partial charge in [-0.2, -0.15) is 0 Å². The molecule has 1 saturated heterocycles. The van der Waals surface area contributed by atoms with Crippen LogP contribution in [0.15, 0.2) is 24.3 Å². The molecule has 1 aromatic rings. The third kappa shape index (κ3) is 3.32. The number of hydrogen-bond donors (Lipinski definition) is 2. The summed E-state index contributed by atoms with van der Waals surface area (Å²) in [6.45, 7) is 4.57. The number of rotatable bonds is 6. The lowest BCUT2D eigenvalue weighted by molar-refractivity contribution is -0.0582. The molecule has 0 radical (unpaired) electrons. The predicted octanol–water partition coefficient (Wildman–Crippen LogP) is 2.26. The molecule has 1 aromatic carbocycles. The van der Waals surface area contributed by atoms with E-state index in [0.717, 1.165) is 30.6 Å². The lowest BCUT2D eigenvalue weighted by Crippen LogP contribution is -2.41. The van der Waals surface area contributed by atoms with Crippen LogP contribution < -0.4 is 10.5 Å². The summed E-state index contributed by atoms with van der Waals surface area (Å²) in [4.78, 5) is 0. The molecule has 20 heavy (non-hydrogen) atoms.